The summed E-state index contributed by atoms with van der Waals surface area (Å²) in [6.45, 7) is -0.0168. The topological polar surface area (TPSA) is 101 Å². The van der Waals surface area contributed by atoms with Crippen molar-refractivity contribution in [3.05, 3.63) is 105 Å². The maximum Gasteiger partial charge on any atom is 0.288 e. The van der Waals surface area contributed by atoms with Gasteiger partial charge in [0, 0.05) is 18.2 Å². The second kappa shape index (κ2) is 9.40. The van der Waals surface area contributed by atoms with E-state index in [-0.39, 0.29) is 29.2 Å². The highest BCUT2D eigenvalue weighted by Crippen LogP contribution is 2.30. The predicted molar refractivity (Wildman–Crippen MR) is 122 cm³/mol. The SMILES string of the molecule is O=C1CC(N(Cc2ccccc2)C(=O)c2ccc(Cl)c([N+](=O)[O-])c2)C(=O)N1c1ccc(F)cc1. The standard InChI is InChI=1S/C24H17ClFN3O5/c25-19-11-6-16(12-20(19)29(33)34)23(31)27(14-15-4-2-1-3-5-15)21-13-22(30)28(24(21)32)18-9-7-17(26)8-10-18/h1-12,21H,13-14H2. The molecule has 1 fully saturated rings. The number of hydrogen-bond acceptors (Lipinski definition) is 5. The molecule has 0 spiro atoms. The molecule has 172 valence electrons. The minimum atomic E-state index is -1.15. The Hall–Kier alpha value is -4.11. The Morgan fingerprint density at radius 1 is 1.09 bits per heavy atom. The summed E-state index contributed by atoms with van der Waals surface area (Å²) in [4.78, 5) is 52.2. The molecule has 0 aromatic heterocycles. The predicted octanol–water partition coefficient (Wildman–Crippen LogP) is 4.36. The maximum atomic E-state index is 13.5. The summed E-state index contributed by atoms with van der Waals surface area (Å²) < 4.78 is 13.3. The minimum Gasteiger partial charge on any atom is -0.322 e. The molecule has 3 amide bonds. The van der Waals surface area contributed by atoms with Crippen LogP contribution in [-0.2, 0) is 16.1 Å². The lowest BCUT2D eigenvalue weighted by molar-refractivity contribution is -0.384. The minimum absolute atomic E-state index is 0.0168. The molecule has 0 saturated carbocycles. The summed E-state index contributed by atoms with van der Waals surface area (Å²) in [6, 6.07) is 16.1. The Balaban J connectivity index is 1.72. The van der Waals surface area contributed by atoms with Crippen molar-refractivity contribution in [2.45, 2.75) is 19.0 Å². The number of imide groups is 1. The zero-order chi connectivity index (χ0) is 24.4. The number of carbonyl (C=O) groups excluding carboxylic acids is 3. The number of halogens is 2. The van der Waals surface area contributed by atoms with Crippen molar-refractivity contribution >= 4 is 40.7 Å². The molecule has 1 aliphatic heterocycles. The lowest BCUT2D eigenvalue weighted by Gasteiger charge is -2.28. The normalized spacial score (nSPS) is 15.5. The average Bonchev–Trinajstić information content (AvgIpc) is 3.12. The van der Waals surface area contributed by atoms with Crippen LogP contribution in [0.15, 0.2) is 72.8 Å². The van der Waals surface area contributed by atoms with E-state index < -0.39 is 40.2 Å². The van der Waals surface area contributed by atoms with Crippen LogP contribution in [0.5, 0.6) is 0 Å². The molecule has 1 saturated heterocycles. The first kappa shape index (κ1) is 23.1. The molecule has 3 aromatic rings. The number of hydrogen-bond donors (Lipinski definition) is 0. The third-order valence-corrected chi connectivity index (χ3v) is 5.75. The zero-order valence-corrected chi connectivity index (χ0v) is 18.3. The molecule has 0 N–H and O–H groups in total. The lowest BCUT2D eigenvalue weighted by atomic mass is 10.1. The van der Waals surface area contributed by atoms with E-state index in [0.717, 1.165) is 23.1 Å². The fraction of sp³-hybridized carbons (Fsp3) is 0.125. The van der Waals surface area contributed by atoms with E-state index in [0.29, 0.717) is 5.56 Å². The van der Waals surface area contributed by atoms with Gasteiger partial charge in [0.05, 0.1) is 17.0 Å². The largest absolute Gasteiger partial charge is 0.322 e. The van der Waals surface area contributed by atoms with Crippen molar-refractivity contribution in [1.29, 1.82) is 0 Å². The zero-order valence-electron chi connectivity index (χ0n) is 17.6. The van der Waals surface area contributed by atoms with Crippen LogP contribution >= 0.6 is 11.6 Å². The number of carbonyl (C=O) groups is 3. The van der Waals surface area contributed by atoms with Gasteiger partial charge in [0.2, 0.25) is 5.91 Å². The van der Waals surface area contributed by atoms with Crippen molar-refractivity contribution < 1.29 is 23.7 Å². The lowest BCUT2D eigenvalue weighted by Crippen LogP contribution is -2.45. The summed E-state index contributed by atoms with van der Waals surface area (Å²) >= 11 is 5.87. The molecule has 0 bridgehead atoms. The van der Waals surface area contributed by atoms with Crippen LogP contribution < -0.4 is 4.90 Å². The van der Waals surface area contributed by atoms with Crippen LogP contribution in [0.3, 0.4) is 0 Å². The molecule has 34 heavy (non-hydrogen) atoms. The van der Waals surface area contributed by atoms with Gasteiger partial charge in [-0.05, 0) is 42.0 Å². The third-order valence-electron chi connectivity index (χ3n) is 5.43. The average molecular weight is 482 g/mol. The molecular weight excluding hydrogens is 465 g/mol. The molecule has 1 atom stereocenters. The summed E-state index contributed by atoms with van der Waals surface area (Å²) in [7, 11) is 0. The summed E-state index contributed by atoms with van der Waals surface area (Å²) in [5.74, 6) is -2.39. The molecule has 10 heteroatoms. The van der Waals surface area contributed by atoms with Crippen molar-refractivity contribution in [2.75, 3.05) is 4.90 Å². The molecular formula is C24H17ClFN3O5. The van der Waals surface area contributed by atoms with Crippen LogP contribution in [0.4, 0.5) is 15.8 Å². The first-order valence-corrected chi connectivity index (χ1v) is 10.6. The monoisotopic (exact) mass is 481 g/mol. The van der Waals surface area contributed by atoms with Gasteiger partial charge in [0.15, 0.2) is 0 Å². The van der Waals surface area contributed by atoms with Gasteiger partial charge in [0.1, 0.15) is 16.9 Å². The van der Waals surface area contributed by atoms with Crippen LogP contribution in [-0.4, -0.2) is 33.6 Å². The van der Waals surface area contributed by atoms with Crippen LogP contribution in [0.1, 0.15) is 22.3 Å². The fourth-order valence-corrected chi connectivity index (χ4v) is 3.96. The Labute approximate surface area is 198 Å². The highest BCUT2D eigenvalue weighted by molar-refractivity contribution is 6.32. The van der Waals surface area contributed by atoms with Gasteiger partial charge >= 0.3 is 0 Å². The molecule has 3 aromatic carbocycles. The quantitative estimate of drug-likeness (QED) is 0.296. The van der Waals surface area contributed by atoms with Crippen LogP contribution in [0, 0.1) is 15.9 Å². The Kier molecular flexibility index (Phi) is 6.38. The van der Waals surface area contributed by atoms with Gasteiger partial charge in [-0.1, -0.05) is 41.9 Å². The van der Waals surface area contributed by atoms with E-state index >= 15 is 0 Å². The summed E-state index contributed by atoms with van der Waals surface area (Å²) in [6.07, 6.45) is -0.287. The number of nitro groups is 1. The van der Waals surface area contributed by atoms with Gasteiger partial charge in [-0.25, -0.2) is 9.29 Å². The summed E-state index contributed by atoms with van der Waals surface area (Å²) in [5, 5.41) is 11.2. The van der Waals surface area contributed by atoms with Crippen molar-refractivity contribution in [3.8, 4) is 0 Å². The molecule has 0 radical (unpaired) electrons. The van der Waals surface area contributed by atoms with Crippen molar-refractivity contribution in [3.63, 3.8) is 0 Å². The first-order valence-electron chi connectivity index (χ1n) is 10.2. The highest BCUT2D eigenvalue weighted by atomic mass is 35.5. The molecule has 1 aliphatic rings. The molecule has 1 unspecified atom stereocenters. The molecule has 4 rings (SSSR count). The van der Waals surface area contributed by atoms with Crippen molar-refractivity contribution in [2.24, 2.45) is 0 Å². The van der Waals surface area contributed by atoms with Gasteiger partial charge in [-0.15, -0.1) is 0 Å². The fourth-order valence-electron chi connectivity index (χ4n) is 3.78. The smallest absolute Gasteiger partial charge is 0.288 e. The van der Waals surface area contributed by atoms with Crippen LogP contribution in [0.25, 0.3) is 0 Å². The van der Waals surface area contributed by atoms with E-state index in [1.807, 2.05) is 0 Å². The number of anilines is 1. The number of nitrogens with zero attached hydrogens (tertiary/aromatic N) is 3. The van der Waals surface area contributed by atoms with Crippen LogP contribution in [0.2, 0.25) is 5.02 Å². The molecule has 8 nitrogen and oxygen atoms in total. The van der Waals surface area contributed by atoms with Gasteiger partial charge in [0.25, 0.3) is 17.5 Å². The summed E-state index contributed by atoms with van der Waals surface area (Å²) in [5.41, 5.74) is 0.384. The molecule has 0 aliphatic carbocycles. The van der Waals surface area contributed by atoms with Crippen molar-refractivity contribution in [1.82, 2.24) is 4.90 Å². The van der Waals surface area contributed by atoms with Gasteiger partial charge in [-0.2, -0.15) is 0 Å². The first-order chi connectivity index (χ1) is 16.3. The number of rotatable bonds is 6. The third kappa shape index (κ3) is 4.51. The second-order valence-corrected chi connectivity index (χ2v) is 8.01. The van der Waals surface area contributed by atoms with E-state index in [9.17, 15) is 28.9 Å². The van der Waals surface area contributed by atoms with E-state index in [4.69, 9.17) is 11.6 Å². The number of benzene rings is 3. The Morgan fingerprint density at radius 2 is 1.76 bits per heavy atom. The van der Waals surface area contributed by atoms with E-state index in [1.165, 1.54) is 29.2 Å². The molecule has 1 heterocycles. The Bertz CT molecular complexity index is 1280. The second-order valence-electron chi connectivity index (χ2n) is 7.61. The Morgan fingerprint density at radius 3 is 2.41 bits per heavy atom. The van der Waals surface area contributed by atoms with E-state index in [1.54, 1.807) is 30.3 Å². The number of nitro benzene ring substituents is 1. The van der Waals surface area contributed by atoms with Gasteiger partial charge in [-0.3, -0.25) is 24.5 Å². The number of amides is 3. The maximum absolute atomic E-state index is 13.5. The van der Waals surface area contributed by atoms with E-state index in [2.05, 4.69) is 0 Å². The highest BCUT2D eigenvalue weighted by Gasteiger charge is 2.44. The van der Waals surface area contributed by atoms with Gasteiger partial charge < -0.3 is 4.90 Å².